The highest BCUT2D eigenvalue weighted by Gasteiger charge is 2.30. The minimum atomic E-state index is -1.12. The van der Waals surface area contributed by atoms with Gasteiger partial charge in [0, 0.05) is 6.20 Å². The Morgan fingerprint density at radius 2 is 1.95 bits per heavy atom. The van der Waals surface area contributed by atoms with Crippen molar-refractivity contribution in [3.05, 3.63) is 59.2 Å². The molecule has 0 saturated heterocycles. The second-order valence-corrected chi connectivity index (χ2v) is 4.82. The fourth-order valence-electron chi connectivity index (χ4n) is 1.61. The molecule has 1 unspecified atom stereocenters. The van der Waals surface area contributed by atoms with Crippen molar-refractivity contribution in [3.8, 4) is 0 Å². The maximum absolute atomic E-state index is 12.2. The van der Waals surface area contributed by atoms with E-state index in [1.165, 1.54) is 6.20 Å². The summed E-state index contributed by atoms with van der Waals surface area (Å²) in [4.78, 5) is 16.2. The fourth-order valence-corrected chi connectivity index (χ4v) is 1.72. The molecule has 1 heterocycles. The molecule has 1 aromatic carbocycles. The predicted molar refractivity (Wildman–Crippen MR) is 75.9 cm³/mol. The molecular weight excluding hydrogens is 262 g/mol. The minimum absolute atomic E-state index is 0.325. The number of carbonyl (C=O) groups is 1. The van der Waals surface area contributed by atoms with Crippen LogP contribution in [0.15, 0.2) is 48.7 Å². The van der Waals surface area contributed by atoms with Crippen molar-refractivity contribution in [1.82, 2.24) is 4.98 Å². The highest BCUT2D eigenvalue weighted by Crippen LogP contribution is 2.19. The number of nitrogens with one attached hydrogen (secondary N) is 1. The van der Waals surface area contributed by atoms with Crippen molar-refractivity contribution < 1.29 is 4.79 Å². The number of aromatic nitrogens is 1. The lowest BCUT2D eigenvalue weighted by Gasteiger charge is -2.23. The molecule has 0 aliphatic heterocycles. The van der Waals surface area contributed by atoms with E-state index in [0.717, 1.165) is 5.56 Å². The van der Waals surface area contributed by atoms with Gasteiger partial charge in [0.25, 0.3) is 0 Å². The first kappa shape index (κ1) is 13.5. The van der Waals surface area contributed by atoms with Crippen LogP contribution in [0.25, 0.3) is 0 Å². The van der Waals surface area contributed by atoms with Gasteiger partial charge in [0.1, 0.15) is 11.4 Å². The van der Waals surface area contributed by atoms with Crippen LogP contribution in [0.5, 0.6) is 0 Å². The molecular formula is C14H14ClN3O. The monoisotopic (exact) mass is 275 g/mol. The average molecular weight is 276 g/mol. The van der Waals surface area contributed by atoms with Crippen LogP contribution in [0.2, 0.25) is 5.02 Å². The number of pyridine rings is 1. The van der Waals surface area contributed by atoms with Crippen molar-refractivity contribution >= 4 is 23.3 Å². The van der Waals surface area contributed by atoms with Gasteiger partial charge in [0.15, 0.2) is 0 Å². The van der Waals surface area contributed by atoms with E-state index in [0.29, 0.717) is 10.8 Å². The molecule has 98 valence electrons. The summed E-state index contributed by atoms with van der Waals surface area (Å²) < 4.78 is 0. The Morgan fingerprint density at radius 3 is 2.53 bits per heavy atom. The fraction of sp³-hybridized carbons (Fsp3) is 0.143. The molecule has 1 amide bonds. The van der Waals surface area contributed by atoms with Gasteiger partial charge in [-0.3, -0.25) is 4.79 Å². The van der Waals surface area contributed by atoms with Crippen molar-refractivity contribution in [2.24, 2.45) is 5.73 Å². The van der Waals surface area contributed by atoms with Gasteiger partial charge in [-0.05, 0) is 24.6 Å². The van der Waals surface area contributed by atoms with Crippen molar-refractivity contribution in [2.75, 3.05) is 5.32 Å². The van der Waals surface area contributed by atoms with Crippen LogP contribution in [0.4, 0.5) is 5.82 Å². The summed E-state index contributed by atoms with van der Waals surface area (Å²) in [5.74, 6) is 0.0931. The Kier molecular flexibility index (Phi) is 3.83. The lowest BCUT2D eigenvalue weighted by atomic mass is 9.92. The van der Waals surface area contributed by atoms with Gasteiger partial charge in [0.2, 0.25) is 5.91 Å². The van der Waals surface area contributed by atoms with Crippen molar-refractivity contribution in [3.63, 3.8) is 0 Å². The molecule has 4 nitrogen and oxygen atoms in total. The summed E-state index contributed by atoms with van der Waals surface area (Å²) in [5, 5.41) is 3.18. The zero-order valence-corrected chi connectivity index (χ0v) is 11.2. The van der Waals surface area contributed by atoms with Gasteiger partial charge in [-0.15, -0.1) is 0 Å². The first-order chi connectivity index (χ1) is 9.00. The zero-order valence-electron chi connectivity index (χ0n) is 10.4. The van der Waals surface area contributed by atoms with Gasteiger partial charge in [0.05, 0.1) is 5.02 Å². The zero-order chi connectivity index (χ0) is 13.9. The number of nitrogens with two attached hydrogens (primary N) is 1. The van der Waals surface area contributed by atoms with E-state index in [2.05, 4.69) is 10.3 Å². The van der Waals surface area contributed by atoms with E-state index in [9.17, 15) is 4.79 Å². The first-order valence-corrected chi connectivity index (χ1v) is 6.15. The number of hydrogen-bond donors (Lipinski definition) is 2. The van der Waals surface area contributed by atoms with Crippen LogP contribution in [-0.2, 0) is 10.3 Å². The van der Waals surface area contributed by atoms with Crippen LogP contribution >= 0.6 is 11.6 Å². The van der Waals surface area contributed by atoms with Gasteiger partial charge in [-0.2, -0.15) is 0 Å². The van der Waals surface area contributed by atoms with Crippen LogP contribution in [0.1, 0.15) is 12.5 Å². The molecule has 2 rings (SSSR count). The number of carbonyl (C=O) groups excluding carboxylic acids is 1. The molecule has 1 aromatic heterocycles. The molecule has 0 spiro atoms. The number of nitrogens with zero attached hydrogens (tertiary/aromatic N) is 1. The third kappa shape index (κ3) is 3.10. The smallest absolute Gasteiger partial charge is 0.249 e. The number of anilines is 1. The molecule has 0 aliphatic carbocycles. The van der Waals surface area contributed by atoms with Gasteiger partial charge < -0.3 is 11.1 Å². The summed E-state index contributed by atoms with van der Waals surface area (Å²) in [6, 6.07) is 12.5. The second kappa shape index (κ2) is 5.38. The Bertz CT molecular complexity index is 567. The Hall–Kier alpha value is -1.91. The standard InChI is InChI=1S/C14H14ClN3O/c1-14(16,10-5-3-2-4-6-10)13(19)18-12-8-7-11(15)9-17-12/h2-9H,16H2,1H3,(H,17,18,19). The molecule has 0 fully saturated rings. The van der Waals surface area contributed by atoms with Gasteiger partial charge >= 0.3 is 0 Å². The summed E-state index contributed by atoms with van der Waals surface area (Å²) in [5.41, 5.74) is 5.71. The molecule has 1 atom stereocenters. The number of hydrogen-bond acceptors (Lipinski definition) is 3. The predicted octanol–water partition coefficient (Wildman–Crippen LogP) is 2.55. The molecule has 0 radical (unpaired) electrons. The lowest BCUT2D eigenvalue weighted by molar-refractivity contribution is -0.120. The van der Waals surface area contributed by atoms with E-state index in [1.807, 2.05) is 30.3 Å². The summed E-state index contributed by atoms with van der Waals surface area (Å²) in [6.45, 7) is 1.66. The first-order valence-electron chi connectivity index (χ1n) is 5.77. The molecule has 0 aliphatic rings. The highest BCUT2D eigenvalue weighted by molar-refractivity contribution is 6.30. The molecule has 3 N–H and O–H groups in total. The number of amides is 1. The van der Waals surface area contributed by atoms with E-state index in [1.54, 1.807) is 19.1 Å². The molecule has 0 saturated carbocycles. The SMILES string of the molecule is CC(N)(C(=O)Nc1ccc(Cl)cn1)c1ccccc1. The van der Waals surface area contributed by atoms with Crippen LogP contribution < -0.4 is 11.1 Å². The quantitative estimate of drug-likeness (QED) is 0.904. The van der Waals surface area contributed by atoms with Crippen LogP contribution in [0.3, 0.4) is 0 Å². The minimum Gasteiger partial charge on any atom is -0.314 e. The van der Waals surface area contributed by atoms with E-state index < -0.39 is 5.54 Å². The Morgan fingerprint density at radius 1 is 1.26 bits per heavy atom. The largest absolute Gasteiger partial charge is 0.314 e. The summed E-state index contributed by atoms with van der Waals surface area (Å²) in [6.07, 6.45) is 1.47. The third-order valence-corrected chi connectivity index (χ3v) is 3.04. The van der Waals surface area contributed by atoms with Gasteiger partial charge in [-0.25, -0.2) is 4.98 Å². The summed E-state index contributed by atoms with van der Waals surface area (Å²) in [7, 11) is 0. The maximum Gasteiger partial charge on any atom is 0.249 e. The van der Waals surface area contributed by atoms with E-state index >= 15 is 0 Å². The number of halogens is 1. The number of benzene rings is 1. The van der Waals surface area contributed by atoms with Crippen molar-refractivity contribution in [1.29, 1.82) is 0 Å². The van der Waals surface area contributed by atoms with Crippen LogP contribution in [0, 0.1) is 0 Å². The average Bonchev–Trinajstić information content (AvgIpc) is 2.42. The third-order valence-electron chi connectivity index (χ3n) is 2.81. The molecule has 5 heteroatoms. The topological polar surface area (TPSA) is 68.0 Å². The Balaban J connectivity index is 2.17. The van der Waals surface area contributed by atoms with Crippen LogP contribution in [-0.4, -0.2) is 10.9 Å². The second-order valence-electron chi connectivity index (χ2n) is 4.38. The Labute approximate surface area is 116 Å². The van der Waals surface area contributed by atoms with E-state index in [4.69, 9.17) is 17.3 Å². The molecule has 0 bridgehead atoms. The molecule has 2 aromatic rings. The van der Waals surface area contributed by atoms with Crippen molar-refractivity contribution in [2.45, 2.75) is 12.5 Å². The molecule has 19 heavy (non-hydrogen) atoms. The van der Waals surface area contributed by atoms with Gasteiger partial charge in [-0.1, -0.05) is 41.9 Å². The van der Waals surface area contributed by atoms with E-state index in [-0.39, 0.29) is 5.91 Å². The highest BCUT2D eigenvalue weighted by atomic mass is 35.5. The normalized spacial score (nSPS) is 13.6. The summed E-state index contributed by atoms with van der Waals surface area (Å²) >= 11 is 5.73. The lowest BCUT2D eigenvalue weighted by Crippen LogP contribution is -2.45. The maximum atomic E-state index is 12.2. The number of rotatable bonds is 3.